The molecule has 0 bridgehead atoms. The number of nitriles is 1. The van der Waals surface area contributed by atoms with E-state index in [1.807, 2.05) is 13.1 Å². The Balaban J connectivity index is 2.54. The van der Waals surface area contributed by atoms with Crippen molar-refractivity contribution < 1.29 is 14.3 Å². The highest BCUT2D eigenvalue weighted by Gasteiger charge is 2.21. The lowest BCUT2D eigenvalue weighted by Gasteiger charge is -2.32. The van der Waals surface area contributed by atoms with E-state index in [4.69, 9.17) is 5.26 Å². The van der Waals surface area contributed by atoms with Crippen molar-refractivity contribution in [3.8, 4) is 6.07 Å². The fourth-order valence-electron chi connectivity index (χ4n) is 1.63. The van der Waals surface area contributed by atoms with Crippen molar-refractivity contribution in [3.05, 3.63) is 11.8 Å². The molecule has 19 heavy (non-hydrogen) atoms. The molecular formula is C12H18N4O3. The van der Waals surface area contributed by atoms with Gasteiger partial charge in [-0.1, -0.05) is 0 Å². The van der Waals surface area contributed by atoms with Crippen LogP contribution >= 0.6 is 0 Å². The van der Waals surface area contributed by atoms with Gasteiger partial charge in [0.1, 0.15) is 18.2 Å². The van der Waals surface area contributed by atoms with Gasteiger partial charge in [0.15, 0.2) is 0 Å². The van der Waals surface area contributed by atoms with Crippen LogP contribution in [0.5, 0.6) is 0 Å². The summed E-state index contributed by atoms with van der Waals surface area (Å²) in [6, 6.07) is 1.84. The average molecular weight is 266 g/mol. The van der Waals surface area contributed by atoms with Crippen LogP contribution in [-0.4, -0.2) is 68.6 Å². The molecule has 1 saturated heterocycles. The van der Waals surface area contributed by atoms with Gasteiger partial charge in [-0.3, -0.25) is 9.59 Å². The normalized spacial score (nSPS) is 16.7. The van der Waals surface area contributed by atoms with Crippen molar-refractivity contribution in [2.75, 3.05) is 46.9 Å². The summed E-state index contributed by atoms with van der Waals surface area (Å²) in [4.78, 5) is 26.7. The number of ether oxygens (including phenoxy) is 1. The van der Waals surface area contributed by atoms with Gasteiger partial charge in [0.2, 0.25) is 0 Å². The van der Waals surface area contributed by atoms with Gasteiger partial charge >= 0.3 is 5.97 Å². The Morgan fingerprint density at radius 2 is 2.00 bits per heavy atom. The molecule has 0 aromatic rings. The van der Waals surface area contributed by atoms with E-state index in [2.05, 4.69) is 15.0 Å². The second kappa shape index (κ2) is 7.38. The third kappa shape index (κ3) is 4.60. The monoisotopic (exact) mass is 266 g/mol. The number of hydrogen-bond donors (Lipinski definition) is 1. The lowest BCUT2D eigenvalue weighted by Crippen LogP contribution is -2.47. The zero-order chi connectivity index (χ0) is 14.3. The van der Waals surface area contributed by atoms with Gasteiger partial charge in [0, 0.05) is 32.4 Å². The SMILES string of the molecule is COC(=O)CN/C=C(/C#N)C(=O)N1CCN(C)CC1. The summed E-state index contributed by atoms with van der Waals surface area (Å²) in [5.41, 5.74) is -0.00606. The molecule has 1 amide bonds. The van der Waals surface area contributed by atoms with Gasteiger partial charge in [-0.2, -0.15) is 5.26 Å². The van der Waals surface area contributed by atoms with E-state index in [1.165, 1.54) is 13.3 Å². The lowest BCUT2D eigenvalue weighted by molar-refractivity contribution is -0.139. The van der Waals surface area contributed by atoms with Crippen molar-refractivity contribution in [1.29, 1.82) is 5.26 Å². The number of carbonyl (C=O) groups is 2. The molecule has 1 heterocycles. The number of rotatable bonds is 4. The molecule has 0 aromatic heterocycles. The molecule has 1 aliphatic rings. The highest BCUT2D eigenvalue weighted by molar-refractivity contribution is 5.97. The molecule has 1 fully saturated rings. The molecule has 0 aliphatic carbocycles. The quantitative estimate of drug-likeness (QED) is 0.396. The van der Waals surface area contributed by atoms with Gasteiger partial charge in [0.05, 0.1) is 7.11 Å². The Labute approximate surface area is 112 Å². The van der Waals surface area contributed by atoms with Crippen LogP contribution in [0.1, 0.15) is 0 Å². The lowest BCUT2D eigenvalue weighted by atomic mass is 10.2. The minimum absolute atomic E-state index is 0.00606. The Bertz CT molecular complexity index is 406. The second-order valence-electron chi connectivity index (χ2n) is 4.22. The van der Waals surface area contributed by atoms with Gasteiger partial charge in [-0.15, -0.1) is 0 Å². The zero-order valence-corrected chi connectivity index (χ0v) is 11.2. The number of amides is 1. The van der Waals surface area contributed by atoms with E-state index >= 15 is 0 Å². The predicted octanol–water partition coefficient (Wildman–Crippen LogP) is -1.07. The highest BCUT2D eigenvalue weighted by Crippen LogP contribution is 2.05. The van der Waals surface area contributed by atoms with Crippen molar-refractivity contribution in [1.82, 2.24) is 15.1 Å². The Morgan fingerprint density at radius 3 is 2.53 bits per heavy atom. The van der Waals surface area contributed by atoms with Crippen LogP contribution in [-0.2, 0) is 14.3 Å². The van der Waals surface area contributed by atoms with Crippen LogP contribution in [0.2, 0.25) is 0 Å². The average Bonchev–Trinajstić information content (AvgIpc) is 2.43. The molecule has 0 saturated carbocycles. The summed E-state index contributed by atoms with van der Waals surface area (Å²) in [5, 5.41) is 11.6. The third-order valence-electron chi connectivity index (χ3n) is 2.86. The van der Waals surface area contributed by atoms with Crippen LogP contribution < -0.4 is 5.32 Å². The number of likely N-dealkylation sites (N-methyl/N-ethyl adjacent to an activating group) is 1. The van der Waals surface area contributed by atoms with Crippen molar-refractivity contribution in [2.24, 2.45) is 0 Å². The summed E-state index contributed by atoms with van der Waals surface area (Å²) in [5.74, 6) is -0.770. The fraction of sp³-hybridized carbons (Fsp3) is 0.583. The summed E-state index contributed by atoms with van der Waals surface area (Å²) < 4.78 is 4.44. The number of nitrogens with zero attached hydrogens (tertiary/aromatic N) is 3. The molecule has 0 radical (unpaired) electrons. The molecule has 1 rings (SSSR count). The van der Waals surface area contributed by atoms with E-state index in [-0.39, 0.29) is 18.0 Å². The molecule has 0 unspecified atom stereocenters. The topological polar surface area (TPSA) is 85.7 Å². The number of piperazine rings is 1. The fourth-order valence-corrected chi connectivity index (χ4v) is 1.63. The van der Waals surface area contributed by atoms with E-state index < -0.39 is 5.97 Å². The molecule has 7 nitrogen and oxygen atoms in total. The first kappa shape index (κ1) is 15.0. The number of esters is 1. The summed E-state index contributed by atoms with van der Waals surface area (Å²) >= 11 is 0. The molecule has 1 aliphatic heterocycles. The van der Waals surface area contributed by atoms with E-state index in [0.29, 0.717) is 13.1 Å². The summed E-state index contributed by atoms with van der Waals surface area (Å²) in [6.07, 6.45) is 1.26. The molecular weight excluding hydrogens is 248 g/mol. The second-order valence-corrected chi connectivity index (χ2v) is 4.22. The van der Waals surface area contributed by atoms with Crippen LogP contribution in [0.3, 0.4) is 0 Å². The number of methoxy groups -OCH3 is 1. The maximum Gasteiger partial charge on any atom is 0.325 e. The summed E-state index contributed by atoms with van der Waals surface area (Å²) in [6.45, 7) is 2.72. The maximum atomic E-state index is 12.0. The first-order chi connectivity index (χ1) is 9.08. The molecule has 104 valence electrons. The molecule has 0 spiro atoms. The van der Waals surface area contributed by atoms with Crippen LogP contribution in [0.15, 0.2) is 11.8 Å². The van der Waals surface area contributed by atoms with E-state index in [1.54, 1.807) is 4.90 Å². The first-order valence-corrected chi connectivity index (χ1v) is 5.96. The molecule has 7 heteroatoms. The van der Waals surface area contributed by atoms with Crippen molar-refractivity contribution >= 4 is 11.9 Å². The maximum absolute atomic E-state index is 12.0. The molecule has 0 aromatic carbocycles. The zero-order valence-electron chi connectivity index (χ0n) is 11.2. The van der Waals surface area contributed by atoms with Crippen molar-refractivity contribution in [3.63, 3.8) is 0 Å². The van der Waals surface area contributed by atoms with Crippen LogP contribution in [0.4, 0.5) is 0 Å². The van der Waals surface area contributed by atoms with Gasteiger partial charge in [0.25, 0.3) is 5.91 Å². The standard InChI is InChI=1S/C12H18N4O3/c1-15-3-5-16(6-4-15)12(18)10(7-13)8-14-9-11(17)19-2/h8,14H,3-6,9H2,1-2H3/b10-8-. The minimum Gasteiger partial charge on any atom is -0.468 e. The Kier molecular flexibility index (Phi) is 5.82. The van der Waals surface area contributed by atoms with Crippen LogP contribution in [0.25, 0.3) is 0 Å². The van der Waals surface area contributed by atoms with Crippen molar-refractivity contribution in [2.45, 2.75) is 0 Å². The third-order valence-corrected chi connectivity index (χ3v) is 2.86. The number of hydrogen-bond acceptors (Lipinski definition) is 6. The highest BCUT2D eigenvalue weighted by atomic mass is 16.5. The largest absolute Gasteiger partial charge is 0.468 e. The Morgan fingerprint density at radius 1 is 1.37 bits per heavy atom. The van der Waals surface area contributed by atoms with E-state index in [9.17, 15) is 9.59 Å². The first-order valence-electron chi connectivity index (χ1n) is 5.96. The van der Waals surface area contributed by atoms with E-state index in [0.717, 1.165) is 13.1 Å². The molecule has 1 N–H and O–H groups in total. The smallest absolute Gasteiger partial charge is 0.325 e. The molecule has 0 atom stereocenters. The minimum atomic E-state index is -0.458. The number of nitrogens with one attached hydrogen (secondary N) is 1. The Hall–Kier alpha value is -2.07. The van der Waals surface area contributed by atoms with Gasteiger partial charge in [-0.05, 0) is 7.05 Å². The van der Waals surface area contributed by atoms with Gasteiger partial charge in [-0.25, -0.2) is 0 Å². The predicted molar refractivity (Wildman–Crippen MR) is 67.8 cm³/mol. The number of carbonyl (C=O) groups excluding carboxylic acids is 2. The van der Waals surface area contributed by atoms with Crippen LogP contribution in [0, 0.1) is 11.3 Å². The van der Waals surface area contributed by atoms with Gasteiger partial charge < -0.3 is 19.9 Å². The summed E-state index contributed by atoms with van der Waals surface area (Å²) in [7, 11) is 3.26.